The quantitative estimate of drug-likeness (QED) is 0.648. The van der Waals surface area contributed by atoms with Crippen LogP contribution in [0.25, 0.3) is 11.3 Å². The summed E-state index contributed by atoms with van der Waals surface area (Å²) in [6.07, 6.45) is 1.69. The molecule has 0 bridgehead atoms. The van der Waals surface area contributed by atoms with Crippen LogP contribution in [0.4, 0.5) is 0 Å². The van der Waals surface area contributed by atoms with Gasteiger partial charge in [-0.25, -0.2) is 9.78 Å². The molecule has 0 spiro atoms. The van der Waals surface area contributed by atoms with Gasteiger partial charge in [0, 0.05) is 12.0 Å². The Kier molecular flexibility index (Phi) is 4.25. The molecule has 0 radical (unpaired) electrons. The monoisotopic (exact) mass is 362 g/mol. The third-order valence-electron chi connectivity index (χ3n) is 4.10. The Labute approximate surface area is 154 Å². The second-order valence-electron chi connectivity index (χ2n) is 5.90. The Hall–Kier alpha value is -3.74. The van der Waals surface area contributed by atoms with Gasteiger partial charge in [0.25, 0.3) is 11.8 Å². The van der Waals surface area contributed by atoms with Crippen LogP contribution in [0, 0.1) is 0 Å². The molecule has 2 amide bonds. The summed E-state index contributed by atoms with van der Waals surface area (Å²) in [5.41, 5.74) is 1.32. The van der Waals surface area contributed by atoms with Crippen LogP contribution in [0.1, 0.15) is 33.0 Å². The number of amides is 2. The highest BCUT2D eigenvalue weighted by molar-refractivity contribution is 6.20. The third-order valence-corrected chi connectivity index (χ3v) is 4.10. The average molecular weight is 362 g/mol. The fourth-order valence-electron chi connectivity index (χ4n) is 2.77. The van der Waals surface area contributed by atoms with Crippen LogP contribution in [0.15, 0.2) is 65.2 Å². The van der Waals surface area contributed by atoms with Gasteiger partial charge in [0.15, 0.2) is 11.7 Å². The molecule has 0 aliphatic carbocycles. The summed E-state index contributed by atoms with van der Waals surface area (Å²) in [7, 11) is 0. The van der Waals surface area contributed by atoms with Crippen LogP contribution in [-0.4, -0.2) is 27.8 Å². The van der Waals surface area contributed by atoms with Crippen LogP contribution >= 0.6 is 0 Å². The van der Waals surface area contributed by atoms with Crippen molar-refractivity contribution >= 4 is 17.8 Å². The van der Waals surface area contributed by atoms with Gasteiger partial charge >= 0.3 is 5.97 Å². The summed E-state index contributed by atoms with van der Waals surface area (Å²) < 4.78 is 5.62. The van der Waals surface area contributed by atoms with Gasteiger partial charge in [-0.15, -0.1) is 0 Å². The topological polar surface area (TPSA) is 89.7 Å². The molecule has 1 aromatic heterocycles. The summed E-state index contributed by atoms with van der Waals surface area (Å²) in [6.45, 7) is 0. The Morgan fingerprint density at radius 2 is 1.59 bits per heavy atom. The van der Waals surface area contributed by atoms with Crippen LogP contribution in [0.2, 0.25) is 0 Å². The molecule has 1 aliphatic heterocycles. The number of imide groups is 1. The van der Waals surface area contributed by atoms with Crippen molar-refractivity contribution in [2.75, 3.05) is 0 Å². The molecule has 0 atom stereocenters. The van der Waals surface area contributed by atoms with Crippen LogP contribution < -0.4 is 0 Å². The molecule has 0 N–H and O–H groups in total. The number of aryl methyl sites for hydroxylation is 1. The molecule has 27 heavy (non-hydrogen) atoms. The number of nitrogens with zero attached hydrogens (tertiary/aromatic N) is 2. The number of hydrogen-bond donors (Lipinski definition) is 0. The lowest BCUT2D eigenvalue weighted by molar-refractivity contribution is -0.168. The zero-order valence-electron chi connectivity index (χ0n) is 14.1. The molecule has 4 rings (SSSR count). The molecule has 0 fully saturated rings. The summed E-state index contributed by atoms with van der Waals surface area (Å²) in [5, 5.41) is 0.498. The van der Waals surface area contributed by atoms with Gasteiger partial charge in [0.1, 0.15) is 0 Å². The van der Waals surface area contributed by atoms with Crippen molar-refractivity contribution in [1.29, 1.82) is 0 Å². The van der Waals surface area contributed by atoms with Crippen molar-refractivity contribution in [2.45, 2.75) is 12.8 Å². The van der Waals surface area contributed by atoms with E-state index >= 15 is 0 Å². The number of oxazole rings is 1. The molecule has 7 nitrogen and oxygen atoms in total. The molecule has 0 unspecified atom stereocenters. The van der Waals surface area contributed by atoms with Crippen LogP contribution in [0.3, 0.4) is 0 Å². The summed E-state index contributed by atoms with van der Waals surface area (Å²) in [5.74, 6) is -1.05. The predicted molar refractivity (Wildman–Crippen MR) is 93.3 cm³/mol. The number of fused-ring (bicyclic) bond motifs is 1. The van der Waals surface area contributed by atoms with Gasteiger partial charge in [-0.2, -0.15) is 0 Å². The van der Waals surface area contributed by atoms with Crippen molar-refractivity contribution in [3.63, 3.8) is 0 Å². The Morgan fingerprint density at radius 1 is 0.963 bits per heavy atom. The van der Waals surface area contributed by atoms with E-state index in [0.717, 1.165) is 5.56 Å². The smallest absolute Gasteiger partial charge is 0.333 e. The summed E-state index contributed by atoms with van der Waals surface area (Å²) in [6, 6.07) is 15.8. The minimum atomic E-state index is -0.719. The third kappa shape index (κ3) is 3.22. The minimum absolute atomic E-state index is 0.0812. The van der Waals surface area contributed by atoms with Crippen molar-refractivity contribution in [3.8, 4) is 11.3 Å². The molecule has 0 saturated carbocycles. The van der Waals surface area contributed by atoms with Crippen LogP contribution in [-0.2, 0) is 16.1 Å². The van der Waals surface area contributed by atoms with E-state index in [1.54, 1.807) is 18.3 Å². The standard InChI is InChI=1S/C20H14N2O5/c23-18(27-22-19(24)14-8-4-5-9-15(14)20(22)25)11-10-17-21-12-16(26-17)13-6-2-1-3-7-13/h1-9,12H,10-11H2. The van der Waals surface area contributed by atoms with E-state index in [1.165, 1.54) is 12.1 Å². The minimum Gasteiger partial charge on any atom is -0.441 e. The van der Waals surface area contributed by atoms with Gasteiger partial charge in [-0.3, -0.25) is 9.59 Å². The van der Waals surface area contributed by atoms with Gasteiger partial charge < -0.3 is 9.25 Å². The molecule has 7 heteroatoms. The maximum Gasteiger partial charge on any atom is 0.333 e. The van der Waals surface area contributed by atoms with Crippen molar-refractivity contribution in [3.05, 3.63) is 77.8 Å². The zero-order chi connectivity index (χ0) is 18.8. The second kappa shape index (κ2) is 6.87. The SMILES string of the molecule is O=C(CCc1ncc(-c2ccccc2)o1)ON1C(=O)c2ccccc2C1=O. The van der Waals surface area contributed by atoms with Crippen molar-refractivity contribution in [2.24, 2.45) is 0 Å². The van der Waals surface area contributed by atoms with Crippen molar-refractivity contribution < 1.29 is 23.6 Å². The Morgan fingerprint density at radius 3 is 2.26 bits per heavy atom. The Balaban J connectivity index is 1.37. The van der Waals surface area contributed by atoms with E-state index in [1.807, 2.05) is 30.3 Å². The lowest BCUT2D eigenvalue weighted by atomic mass is 10.1. The molecule has 2 aromatic carbocycles. The van der Waals surface area contributed by atoms with E-state index < -0.39 is 17.8 Å². The van der Waals surface area contributed by atoms with E-state index in [-0.39, 0.29) is 24.0 Å². The molecular formula is C20H14N2O5. The first kappa shape index (κ1) is 16.7. The van der Waals surface area contributed by atoms with Gasteiger partial charge in [-0.05, 0) is 12.1 Å². The van der Waals surface area contributed by atoms with Crippen LogP contribution in [0.5, 0.6) is 0 Å². The highest BCUT2D eigenvalue weighted by atomic mass is 16.7. The average Bonchev–Trinajstić information content (AvgIpc) is 3.27. The normalized spacial score (nSPS) is 13.0. The molecule has 134 valence electrons. The molecule has 1 aliphatic rings. The van der Waals surface area contributed by atoms with Crippen molar-refractivity contribution in [1.82, 2.24) is 10.0 Å². The van der Waals surface area contributed by atoms with E-state index in [2.05, 4.69) is 4.98 Å². The number of carbonyl (C=O) groups excluding carboxylic acids is 3. The first-order valence-corrected chi connectivity index (χ1v) is 8.32. The summed E-state index contributed by atoms with van der Waals surface area (Å²) in [4.78, 5) is 45.5. The molecular weight excluding hydrogens is 348 g/mol. The highest BCUT2D eigenvalue weighted by Gasteiger charge is 2.38. The maximum absolute atomic E-state index is 12.2. The number of hydrogen-bond acceptors (Lipinski definition) is 6. The van der Waals surface area contributed by atoms with Gasteiger partial charge in [0.2, 0.25) is 0 Å². The second-order valence-corrected chi connectivity index (χ2v) is 5.90. The number of carbonyl (C=O) groups is 3. The van der Waals surface area contributed by atoms with E-state index in [9.17, 15) is 14.4 Å². The predicted octanol–water partition coefficient (Wildman–Crippen LogP) is 3.03. The Bertz CT molecular complexity index is 991. The number of hydroxylamine groups is 2. The van der Waals surface area contributed by atoms with Gasteiger partial charge in [0.05, 0.1) is 23.7 Å². The molecule has 3 aromatic rings. The maximum atomic E-state index is 12.2. The zero-order valence-corrected chi connectivity index (χ0v) is 14.1. The van der Waals surface area contributed by atoms with E-state index in [0.29, 0.717) is 16.7 Å². The lowest BCUT2D eigenvalue weighted by Gasteiger charge is -2.12. The number of aromatic nitrogens is 1. The summed E-state index contributed by atoms with van der Waals surface area (Å²) >= 11 is 0. The number of benzene rings is 2. The first-order chi connectivity index (χ1) is 13.1. The largest absolute Gasteiger partial charge is 0.441 e. The fourth-order valence-corrected chi connectivity index (χ4v) is 2.77. The molecule has 2 heterocycles. The van der Waals surface area contributed by atoms with Gasteiger partial charge in [-0.1, -0.05) is 47.5 Å². The number of rotatable bonds is 5. The lowest BCUT2D eigenvalue weighted by Crippen LogP contribution is -2.32. The van der Waals surface area contributed by atoms with E-state index in [4.69, 9.17) is 9.25 Å². The first-order valence-electron chi connectivity index (χ1n) is 8.32. The highest BCUT2D eigenvalue weighted by Crippen LogP contribution is 2.23. The molecule has 0 saturated heterocycles. The fraction of sp³-hybridized carbons (Fsp3) is 0.100.